The van der Waals surface area contributed by atoms with E-state index in [-0.39, 0.29) is 5.03 Å². The van der Waals surface area contributed by atoms with Gasteiger partial charge in [0.15, 0.2) is 5.03 Å². The average Bonchev–Trinajstić information content (AvgIpc) is 2.45. The maximum atomic E-state index is 12.2. The normalized spacial score (nSPS) is 11.8. The Labute approximate surface area is 128 Å². The number of nitrogens with one attached hydrogen (secondary N) is 2. The van der Waals surface area contributed by atoms with Crippen LogP contribution in [0.1, 0.15) is 46.0 Å². The molecule has 0 amide bonds. The zero-order valence-corrected chi connectivity index (χ0v) is 14.0. The molecule has 0 aliphatic heterocycles. The van der Waals surface area contributed by atoms with Gasteiger partial charge in [-0.1, -0.05) is 39.5 Å². The van der Waals surface area contributed by atoms with Crippen molar-refractivity contribution in [2.24, 2.45) is 5.92 Å². The second kappa shape index (κ2) is 9.00. The first-order chi connectivity index (χ1) is 9.97. The molecular formula is C15H27N3O2S. The molecule has 0 fully saturated rings. The monoisotopic (exact) mass is 313 g/mol. The maximum absolute atomic E-state index is 12.2. The zero-order valence-electron chi connectivity index (χ0n) is 13.2. The Morgan fingerprint density at radius 3 is 2.57 bits per heavy atom. The number of rotatable bonds is 10. The zero-order chi connectivity index (χ0) is 15.7. The number of anilines is 1. The van der Waals surface area contributed by atoms with Crippen LogP contribution in [-0.2, 0) is 10.0 Å². The van der Waals surface area contributed by atoms with Gasteiger partial charge in [0.25, 0.3) is 10.0 Å². The third kappa shape index (κ3) is 6.44. The van der Waals surface area contributed by atoms with E-state index in [4.69, 9.17) is 0 Å². The van der Waals surface area contributed by atoms with Gasteiger partial charge in [0.1, 0.15) is 0 Å². The summed E-state index contributed by atoms with van der Waals surface area (Å²) >= 11 is 0. The van der Waals surface area contributed by atoms with Crippen LogP contribution in [0.4, 0.5) is 5.69 Å². The van der Waals surface area contributed by atoms with E-state index < -0.39 is 10.0 Å². The van der Waals surface area contributed by atoms with Gasteiger partial charge in [0, 0.05) is 19.8 Å². The highest BCUT2D eigenvalue weighted by Crippen LogP contribution is 2.17. The number of hydrogen-bond acceptors (Lipinski definition) is 4. The summed E-state index contributed by atoms with van der Waals surface area (Å²) in [6.45, 7) is 4.91. The van der Waals surface area contributed by atoms with E-state index in [1.807, 2.05) is 0 Å². The predicted octanol–water partition coefficient (Wildman–Crippen LogP) is 3.01. The van der Waals surface area contributed by atoms with Crippen molar-refractivity contribution in [1.82, 2.24) is 9.71 Å². The Bertz CT molecular complexity index is 515. The molecule has 0 aliphatic carbocycles. The summed E-state index contributed by atoms with van der Waals surface area (Å²) in [5.41, 5.74) is 0.516. The van der Waals surface area contributed by atoms with Crippen molar-refractivity contribution in [2.75, 3.05) is 18.9 Å². The number of pyridine rings is 1. The van der Waals surface area contributed by atoms with E-state index >= 15 is 0 Å². The van der Waals surface area contributed by atoms with Crippen molar-refractivity contribution in [2.45, 2.75) is 51.0 Å². The third-order valence-electron chi connectivity index (χ3n) is 3.30. The highest BCUT2D eigenvalue weighted by Gasteiger charge is 2.18. The van der Waals surface area contributed by atoms with Gasteiger partial charge in [-0.25, -0.2) is 18.1 Å². The topological polar surface area (TPSA) is 71.1 Å². The van der Waals surface area contributed by atoms with E-state index in [0.717, 1.165) is 25.2 Å². The molecule has 0 spiro atoms. The number of sulfonamides is 1. The van der Waals surface area contributed by atoms with Crippen molar-refractivity contribution in [3.05, 3.63) is 18.3 Å². The SMILES string of the molecule is CNc1cccnc1S(=O)(=O)NCCCCCCC(C)C. The molecule has 0 saturated carbocycles. The summed E-state index contributed by atoms with van der Waals surface area (Å²) in [6.07, 6.45) is 7.02. The molecule has 120 valence electrons. The number of hydrogen-bond donors (Lipinski definition) is 2. The molecule has 1 rings (SSSR count). The number of unbranched alkanes of at least 4 members (excludes halogenated alkanes) is 3. The first-order valence-corrected chi connectivity index (χ1v) is 9.08. The number of aromatic nitrogens is 1. The lowest BCUT2D eigenvalue weighted by atomic mass is 10.0. The lowest BCUT2D eigenvalue weighted by Crippen LogP contribution is -2.26. The summed E-state index contributed by atoms with van der Waals surface area (Å²) in [4.78, 5) is 3.96. The molecule has 0 aliphatic rings. The van der Waals surface area contributed by atoms with Crippen LogP contribution in [0.15, 0.2) is 23.4 Å². The van der Waals surface area contributed by atoms with Crippen LogP contribution in [0, 0.1) is 5.92 Å². The number of nitrogens with zero attached hydrogens (tertiary/aromatic N) is 1. The van der Waals surface area contributed by atoms with E-state index in [2.05, 4.69) is 28.9 Å². The smallest absolute Gasteiger partial charge is 0.260 e. The van der Waals surface area contributed by atoms with Gasteiger partial charge in [-0.15, -0.1) is 0 Å². The molecule has 5 nitrogen and oxygen atoms in total. The molecule has 1 aromatic rings. The van der Waals surface area contributed by atoms with Gasteiger partial charge in [0.2, 0.25) is 0 Å². The molecule has 1 aromatic heterocycles. The van der Waals surface area contributed by atoms with Crippen LogP contribution in [0.3, 0.4) is 0 Å². The summed E-state index contributed by atoms with van der Waals surface area (Å²) in [7, 11) is -1.85. The molecule has 0 radical (unpaired) electrons. The van der Waals surface area contributed by atoms with Crippen LogP contribution in [-0.4, -0.2) is 27.0 Å². The molecule has 0 saturated heterocycles. The molecule has 0 unspecified atom stereocenters. The summed E-state index contributed by atoms with van der Waals surface area (Å²) in [5.74, 6) is 0.743. The van der Waals surface area contributed by atoms with Gasteiger partial charge in [-0.3, -0.25) is 0 Å². The van der Waals surface area contributed by atoms with Crippen molar-refractivity contribution in [3.8, 4) is 0 Å². The second-order valence-corrected chi connectivity index (χ2v) is 7.28. The largest absolute Gasteiger partial charge is 0.386 e. The minimum Gasteiger partial charge on any atom is -0.386 e. The fraction of sp³-hybridized carbons (Fsp3) is 0.667. The Hall–Kier alpha value is -1.14. The highest BCUT2D eigenvalue weighted by molar-refractivity contribution is 7.89. The first kappa shape index (κ1) is 17.9. The van der Waals surface area contributed by atoms with E-state index in [1.54, 1.807) is 19.2 Å². The Morgan fingerprint density at radius 2 is 1.90 bits per heavy atom. The lowest BCUT2D eigenvalue weighted by Gasteiger charge is -2.10. The molecular weight excluding hydrogens is 286 g/mol. The van der Waals surface area contributed by atoms with Gasteiger partial charge >= 0.3 is 0 Å². The summed E-state index contributed by atoms with van der Waals surface area (Å²) in [5, 5.41) is 2.91. The fourth-order valence-electron chi connectivity index (χ4n) is 2.10. The third-order valence-corrected chi connectivity index (χ3v) is 4.71. The molecule has 21 heavy (non-hydrogen) atoms. The maximum Gasteiger partial charge on any atom is 0.260 e. The average molecular weight is 313 g/mol. The fourth-order valence-corrected chi connectivity index (χ4v) is 3.31. The molecule has 1 heterocycles. The van der Waals surface area contributed by atoms with Gasteiger partial charge in [0.05, 0.1) is 5.69 Å². The Morgan fingerprint density at radius 1 is 1.19 bits per heavy atom. The molecule has 6 heteroatoms. The Kier molecular flexibility index (Phi) is 7.67. The van der Waals surface area contributed by atoms with Gasteiger partial charge in [-0.2, -0.15) is 0 Å². The lowest BCUT2D eigenvalue weighted by molar-refractivity contribution is 0.517. The van der Waals surface area contributed by atoms with E-state index in [1.165, 1.54) is 19.0 Å². The van der Waals surface area contributed by atoms with E-state index in [9.17, 15) is 8.42 Å². The predicted molar refractivity (Wildman–Crippen MR) is 86.9 cm³/mol. The van der Waals surface area contributed by atoms with Crippen LogP contribution < -0.4 is 10.0 Å². The minimum absolute atomic E-state index is 0.0623. The van der Waals surface area contributed by atoms with Crippen LogP contribution in [0.2, 0.25) is 0 Å². The van der Waals surface area contributed by atoms with E-state index in [0.29, 0.717) is 12.2 Å². The highest BCUT2D eigenvalue weighted by atomic mass is 32.2. The molecule has 0 aromatic carbocycles. The second-order valence-electron chi connectivity index (χ2n) is 5.60. The van der Waals surface area contributed by atoms with Crippen LogP contribution >= 0.6 is 0 Å². The van der Waals surface area contributed by atoms with Gasteiger partial charge < -0.3 is 5.32 Å². The Balaban J connectivity index is 2.37. The van der Waals surface area contributed by atoms with Crippen LogP contribution in [0.5, 0.6) is 0 Å². The first-order valence-electron chi connectivity index (χ1n) is 7.60. The summed E-state index contributed by atoms with van der Waals surface area (Å²) in [6, 6.07) is 3.41. The molecule has 0 atom stereocenters. The van der Waals surface area contributed by atoms with Gasteiger partial charge in [-0.05, 0) is 24.5 Å². The van der Waals surface area contributed by atoms with Crippen molar-refractivity contribution < 1.29 is 8.42 Å². The quantitative estimate of drug-likeness (QED) is 0.651. The van der Waals surface area contributed by atoms with Crippen molar-refractivity contribution in [3.63, 3.8) is 0 Å². The molecule has 2 N–H and O–H groups in total. The standard InChI is InChI=1S/C15H27N3O2S/c1-13(2)9-6-4-5-7-12-18-21(19,20)15-14(16-3)10-8-11-17-15/h8,10-11,13,16,18H,4-7,9,12H2,1-3H3. The minimum atomic E-state index is -3.53. The van der Waals surface area contributed by atoms with Crippen molar-refractivity contribution in [1.29, 1.82) is 0 Å². The summed E-state index contributed by atoms with van der Waals surface area (Å²) < 4.78 is 27.0. The van der Waals surface area contributed by atoms with Crippen LogP contribution in [0.25, 0.3) is 0 Å². The molecule has 0 bridgehead atoms. The van der Waals surface area contributed by atoms with Crippen molar-refractivity contribution >= 4 is 15.7 Å².